The first-order valence-electron chi connectivity index (χ1n) is 10.2. The van der Waals surface area contributed by atoms with Gasteiger partial charge >= 0.3 is 0 Å². The van der Waals surface area contributed by atoms with Gasteiger partial charge in [0.25, 0.3) is 0 Å². The van der Waals surface area contributed by atoms with Gasteiger partial charge in [-0.15, -0.1) is 0 Å². The molecule has 1 fully saturated rings. The van der Waals surface area contributed by atoms with Crippen molar-refractivity contribution in [3.8, 4) is 5.75 Å². The van der Waals surface area contributed by atoms with Gasteiger partial charge in [0, 0.05) is 26.1 Å². The lowest BCUT2D eigenvalue weighted by Gasteiger charge is -2.31. The predicted octanol–water partition coefficient (Wildman–Crippen LogP) is 4.27. The number of ether oxygens (including phenoxy) is 1. The van der Waals surface area contributed by atoms with Gasteiger partial charge in [-0.2, -0.15) is 0 Å². The highest BCUT2D eigenvalue weighted by molar-refractivity contribution is 7.22. The van der Waals surface area contributed by atoms with Crippen LogP contribution in [0.2, 0.25) is 0 Å². The SMILES string of the molecule is COc1ccc(CCC(=O)NCC2CCN(c3nc4ccccc4s3)CC2)cc1. The Morgan fingerprint density at radius 3 is 2.66 bits per heavy atom. The van der Waals surface area contributed by atoms with Gasteiger partial charge in [0.1, 0.15) is 5.75 Å². The van der Waals surface area contributed by atoms with Gasteiger partial charge in [-0.05, 0) is 55.0 Å². The molecule has 152 valence electrons. The number of rotatable bonds is 7. The monoisotopic (exact) mass is 409 g/mol. The van der Waals surface area contributed by atoms with E-state index in [0.29, 0.717) is 12.3 Å². The molecular formula is C23H27N3O2S. The van der Waals surface area contributed by atoms with Crippen molar-refractivity contribution in [3.63, 3.8) is 0 Å². The first-order valence-corrected chi connectivity index (χ1v) is 11.0. The maximum Gasteiger partial charge on any atom is 0.220 e. The van der Waals surface area contributed by atoms with Crippen LogP contribution in [-0.4, -0.2) is 37.6 Å². The molecule has 1 aromatic heterocycles. The Bertz CT molecular complexity index is 913. The van der Waals surface area contributed by atoms with Crippen molar-refractivity contribution in [1.82, 2.24) is 10.3 Å². The number of hydrogen-bond acceptors (Lipinski definition) is 5. The van der Waals surface area contributed by atoms with Gasteiger partial charge in [0.05, 0.1) is 17.3 Å². The second-order valence-electron chi connectivity index (χ2n) is 7.55. The number of nitrogens with zero attached hydrogens (tertiary/aromatic N) is 2. The molecule has 4 rings (SSSR count). The van der Waals surface area contributed by atoms with E-state index in [9.17, 15) is 4.79 Å². The molecule has 1 N–H and O–H groups in total. The number of aromatic nitrogens is 1. The summed E-state index contributed by atoms with van der Waals surface area (Å²) in [5.74, 6) is 1.52. The van der Waals surface area contributed by atoms with E-state index in [1.807, 2.05) is 30.3 Å². The molecular weight excluding hydrogens is 382 g/mol. The first kappa shape index (κ1) is 19.7. The molecule has 1 amide bonds. The first-order chi connectivity index (χ1) is 14.2. The number of hydrogen-bond donors (Lipinski definition) is 1. The second kappa shape index (κ2) is 9.27. The fourth-order valence-electron chi connectivity index (χ4n) is 3.72. The van der Waals surface area contributed by atoms with Gasteiger partial charge < -0.3 is 15.0 Å². The quantitative estimate of drug-likeness (QED) is 0.633. The van der Waals surface area contributed by atoms with E-state index in [2.05, 4.69) is 28.4 Å². The number of methoxy groups -OCH3 is 1. The van der Waals surface area contributed by atoms with Gasteiger partial charge in [-0.25, -0.2) is 4.98 Å². The molecule has 5 nitrogen and oxygen atoms in total. The fourth-order valence-corrected chi connectivity index (χ4v) is 4.74. The van der Waals surface area contributed by atoms with E-state index in [1.165, 1.54) is 4.70 Å². The number of fused-ring (bicyclic) bond motifs is 1. The van der Waals surface area contributed by atoms with Crippen molar-refractivity contribution in [3.05, 3.63) is 54.1 Å². The number of anilines is 1. The third kappa shape index (κ3) is 5.07. The van der Waals surface area contributed by atoms with E-state index in [-0.39, 0.29) is 5.91 Å². The van der Waals surface area contributed by atoms with Crippen molar-refractivity contribution < 1.29 is 9.53 Å². The minimum atomic E-state index is 0.134. The van der Waals surface area contributed by atoms with Crippen LogP contribution in [0, 0.1) is 5.92 Å². The molecule has 0 radical (unpaired) electrons. The molecule has 0 spiro atoms. The standard InChI is InChI=1S/C23H27N3O2S/c1-28-19-9-6-17(7-10-19)8-11-22(27)24-16-18-12-14-26(15-13-18)23-25-20-4-2-3-5-21(20)29-23/h2-7,9-10,18H,8,11-16H2,1H3,(H,24,27). The minimum absolute atomic E-state index is 0.134. The Kier molecular flexibility index (Phi) is 6.30. The van der Waals surface area contributed by atoms with Gasteiger partial charge in [0.2, 0.25) is 5.91 Å². The van der Waals surface area contributed by atoms with Crippen molar-refractivity contribution >= 4 is 32.6 Å². The van der Waals surface area contributed by atoms with E-state index in [1.54, 1.807) is 18.4 Å². The van der Waals surface area contributed by atoms with E-state index >= 15 is 0 Å². The molecule has 0 saturated carbocycles. The van der Waals surface area contributed by atoms with Crippen molar-refractivity contribution in [2.24, 2.45) is 5.92 Å². The zero-order valence-electron chi connectivity index (χ0n) is 16.8. The number of piperidine rings is 1. The lowest BCUT2D eigenvalue weighted by Crippen LogP contribution is -2.38. The minimum Gasteiger partial charge on any atom is -0.497 e. The normalized spacial score (nSPS) is 14.9. The molecule has 6 heteroatoms. The van der Waals surface area contributed by atoms with Crippen LogP contribution >= 0.6 is 11.3 Å². The van der Waals surface area contributed by atoms with Crippen molar-refractivity contribution in [1.29, 1.82) is 0 Å². The number of benzene rings is 2. The van der Waals surface area contributed by atoms with E-state index in [0.717, 1.165) is 60.9 Å². The number of aryl methyl sites for hydroxylation is 1. The Balaban J connectivity index is 1.19. The summed E-state index contributed by atoms with van der Waals surface area (Å²) in [5.41, 5.74) is 2.24. The number of carbonyl (C=O) groups is 1. The second-order valence-corrected chi connectivity index (χ2v) is 8.56. The van der Waals surface area contributed by atoms with Gasteiger partial charge in [-0.1, -0.05) is 35.6 Å². The van der Waals surface area contributed by atoms with Crippen LogP contribution in [0.3, 0.4) is 0 Å². The van der Waals surface area contributed by atoms with Crippen LogP contribution in [0.4, 0.5) is 5.13 Å². The molecule has 0 unspecified atom stereocenters. The molecule has 3 aromatic rings. The number of amides is 1. The Morgan fingerprint density at radius 1 is 1.17 bits per heavy atom. The lowest BCUT2D eigenvalue weighted by atomic mass is 9.97. The third-order valence-electron chi connectivity index (χ3n) is 5.56. The number of thiazole rings is 1. The molecule has 2 heterocycles. The summed E-state index contributed by atoms with van der Waals surface area (Å²) in [6.45, 7) is 2.79. The Morgan fingerprint density at radius 2 is 1.93 bits per heavy atom. The zero-order chi connectivity index (χ0) is 20.1. The topological polar surface area (TPSA) is 54.5 Å². The zero-order valence-corrected chi connectivity index (χ0v) is 17.6. The smallest absolute Gasteiger partial charge is 0.220 e. The molecule has 1 aliphatic rings. The highest BCUT2D eigenvalue weighted by Gasteiger charge is 2.22. The summed E-state index contributed by atoms with van der Waals surface area (Å²) in [6, 6.07) is 16.2. The highest BCUT2D eigenvalue weighted by Crippen LogP contribution is 2.31. The maximum atomic E-state index is 12.2. The largest absolute Gasteiger partial charge is 0.497 e. The Hall–Kier alpha value is -2.60. The summed E-state index contributed by atoms with van der Waals surface area (Å²) in [5, 5.41) is 4.24. The van der Waals surface area contributed by atoms with Gasteiger partial charge in [-0.3, -0.25) is 4.79 Å². The molecule has 2 aromatic carbocycles. The molecule has 29 heavy (non-hydrogen) atoms. The van der Waals surface area contributed by atoms with E-state index in [4.69, 9.17) is 9.72 Å². The summed E-state index contributed by atoms with van der Waals surface area (Å²) in [4.78, 5) is 19.4. The molecule has 0 atom stereocenters. The summed E-state index contributed by atoms with van der Waals surface area (Å²) < 4.78 is 6.41. The number of carbonyl (C=O) groups excluding carboxylic acids is 1. The summed E-state index contributed by atoms with van der Waals surface area (Å²) >= 11 is 1.77. The molecule has 0 bridgehead atoms. The highest BCUT2D eigenvalue weighted by atomic mass is 32.1. The molecule has 1 aliphatic heterocycles. The van der Waals surface area contributed by atoms with Crippen LogP contribution in [0.25, 0.3) is 10.2 Å². The fraction of sp³-hybridized carbons (Fsp3) is 0.391. The van der Waals surface area contributed by atoms with Gasteiger partial charge in [0.15, 0.2) is 5.13 Å². The van der Waals surface area contributed by atoms with Crippen LogP contribution in [-0.2, 0) is 11.2 Å². The van der Waals surface area contributed by atoms with Crippen LogP contribution < -0.4 is 15.0 Å². The van der Waals surface area contributed by atoms with Crippen molar-refractivity contribution in [2.75, 3.05) is 31.6 Å². The molecule has 1 saturated heterocycles. The number of nitrogens with one attached hydrogen (secondary N) is 1. The summed E-state index contributed by atoms with van der Waals surface area (Å²) in [7, 11) is 1.66. The van der Waals surface area contributed by atoms with Crippen molar-refractivity contribution in [2.45, 2.75) is 25.7 Å². The average molecular weight is 410 g/mol. The van der Waals surface area contributed by atoms with Crippen LogP contribution in [0.1, 0.15) is 24.8 Å². The third-order valence-corrected chi connectivity index (χ3v) is 6.65. The van der Waals surface area contributed by atoms with E-state index < -0.39 is 0 Å². The predicted molar refractivity (Wildman–Crippen MR) is 119 cm³/mol. The average Bonchev–Trinajstić information content (AvgIpc) is 3.21. The van der Waals surface area contributed by atoms with Crippen LogP contribution in [0.5, 0.6) is 5.75 Å². The maximum absolute atomic E-state index is 12.2. The molecule has 0 aliphatic carbocycles. The van der Waals surface area contributed by atoms with Crippen LogP contribution in [0.15, 0.2) is 48.5 Å². The Labute approximate surface area is 175 Å². The summed E-state index contributed by atoms with van der Waals surface area (Å²) in [6.07, 6.45) is 3.46. The number of para-hydroxylation sites is 1. The lowest BCUT2D eigenvalue weighted by molar-refractivity contribution is -0.121.